The number of nitrogens with zero attached hydrogens (tertiary/aromatic N) is 3. The quantitative estimate of drug-likeness (QED) is 0.757. The summed E-state index contributed by atoms with van der Waals surface area (Å²) in [5, 5.41) is 5.08. The zero-order valence-corrected chi connectivity index (χ0v) is 11.7. The van der Waals surface area contributed by atoms with Gasteiger partial charge in [0, 0.05) is 12.7 Å². The van der Waals surface area contributed by atoms with Gasteiger partial charge in [-0.2, -0.15) is 0 Å². The summed E-state index contributed by atoms with van der Waals surface area (Å²) in [6.07, 6.45) is 1.73. The first-order valence-corrected chi connectivity index (χ1v) is 7.06. The van der Waals surface area contributed by atoms with Gasteiger partial charge >= 0.3 is 0 Å². The molecule has 0 amide bonds. The predicted molar refractivity (Wildman–Crippen MR) is 77.6 cm³/mol. The van der Waals surface area contributed by atoms with Crippen molar-refractivity contribution < 1.29 is 0 Å². The molecule has 6 nitrogen and oxygen atoms in total. The Morgan fingerprint density at radius 2 is 2.20 bits per heavy atom. The van der Waals surface area contributed by atoms with Crippen molar-refractivity contribution in [3.8, 4) is 0 Å². The molecule has 0 bridgehead atoms. The van der Waals surface area contributed by atoms with Crippen LogP contribution in [0.5, 0.6) is 0 Å². The van der Waals surface area contributed by atoms with Crippen molar-refractivity contribution in [3.63, 3.8) is 0 Å². The molecule has 0 atom stereocenters. The summed E-state index contributed by atoms with van der Waals surface area (Å²) < 4.78 is 0.667. The minimum Gasteiger partial charge on any atom is -0.308 e. The van der Waals surface area contributed by atoms with Gasteiger partial charge in [-0.25, -0.2) is 15.0 Å². The molecule has 3 aromatic heterocycles. The second-order valence-electron chi connectivity index (χ2n) is 4.35. The maximum Gasteiger partial charge on any atom is 0.268 e. The van der Waals surface area contributed by atoms with E-state index in [4.69, 9.17) is 0 Å². The third kappa shape index (κ3) is 2.73. The van der Waals surface area contributed by atoms with E-state index in [0.717, 1.165) is 17.0 Å². The third-order valence-electron chi connectivity index (χ3n) is 2.80. The Hall–Kier alpha value is -2.12. The van der Waals surface area contributed by atoms with Crippen LogP contribution in [0.3, 0.4) is 0 Å². The van der Waals surface area contributed by atoms with Crippen LogP contribution < -0.4 is 10.9 Å². The molecule has 3 aromatic rings. The second-order valence-corrected chi connectivity index (χ2v) is 5.26. The Morgan fingerprint density at radius 3 is 3.05 bits per heavy atom. The van der Waals surface area contributed by atoms with Gasteiger partial charge in [-0.05, 0) is 24.4 Å². The maximum absolute atomic E-state index is 11.8. The average molecular weight is 287 g/mol. The lowest BCUT2D eigenvalue weighted by atomic mass is 10.4. The first-order chi connectivity index (χ1) is 9.72. The number of aryl methyl sites for hydroxylation is 1. The molecule has 7 heteroatoms. The van der Waals surface area contributed by atoms with E-state index in [1.807, 2.05) is 24.4 Å². The van der Waals surface area contributed by atoms with Crippen LogP contribution in [0.2, 0.25) is 0 Å². The van der Waals surface area contributed by atoms with Crippen molar-refractivity contribution >= 4 is 21.6 Å². The number of aromatic nitrogens is 4. The van der Waals surface area contributed by atoms with E-state index in [-0.39, 0.29) is 5.56 Å². The zero-order chi connectivity index (χ0) is 13.9. The van der Waals surface area contributed by atoms with Crippen molar-refractivity contribution in [2.45, 2.75) is 20.0 Å². The molecule has 0 aliphatic rings. The highest BCUT2D eigenvalue weighted by molar-refractivity contribution is 7.17. The first-order valence-electron chi connectivity index (χ1n) is 6.18. The van der Waals surface area contributed by atoms with Crippen molar-refractivity contribution in [2.24, 2.45) is 0 Å². The first kappa shape index (κ1) is 12.9. The molecule has 0 fully saturated rings. The highest BCUT2D eigenvalue weighted by Gasteiger charge is 2.04. The van der Waals surface area contributed by atoms with Gasteiger partial charge in [0.25, 0.3) is 5.56 Å². The molecular weight excluding hydrogens is 274 g/mol. The van der Waals surface area contributed by atoms with Crippen LogP contribution in [0.4, 0.5) is 0 Å². The third-order valence-corrected chi connectivity index (χ3v) is 3.70. The fourth-order valence-electron chi connectivity index (χ4n) is 1.92. The van der Waals surface area contributed by atoms with Crippen LogP contribution in [-0.4, -0.2) is 19.9 Å². The van der Waals surface area contributed by atoms with Crippen molar-refractivity contribution in [3.05, 3.63) is 51.4 Å². The largest absolute Gasteiger partial charge is 0.308 e. The molecule has 20 heavy (non-hydrogen) atoms. The summed E-state index contributed by atoms with van der Waals surface area (Å²) in [5.74, 6) is 1.38. The molecule has 0 saturated carbocycles. The molecule has 0 aliphatic heterocycles. The van der Waals surface area contributed by atoms with Crippen LogP contribution in [0.1, 0.15) is 17.3 Å². The minimum atomic E-state index is -0.0836. The average Bonchev–Trinajstić information content (AvgIpc) is 2.88. The Bertz CT molecular complexity index is 795. The van der Waals surface area contributed by atoms with Gasteiger partial charge in [0.2, 0.25) is 0 Å². The van der Waals surface area contributed by atoms with Crippen LogP contribution in [0.25, 0.3) is 10.2 Å². The molecular formula is C13H13N5OS. The van der Waals surface area contributed by atoms with Gasteiger partial charge in [-0.15, -0.1) is 11.3 Å². The van der Waals surface area contributed by atoms with Crippen molar-refractivity contribution in [2.75, 3.05) is 0 Å². The van der Waals surface area contributed by atoms with Gasteiger partial charge in [0.15, 0.2) is 0 Å². The maximum atomic E-state index is 11.8. The number of thiophene rings is 1. The molecule has 2 N–H and O–H groups in total. The number of fused-ring (bicyclic) bond motifs is 1. The Morgan fingerprint density at radius 1 is 1.30 bits per heavy atom. The van der Waals surface area contributed by atoms with Gasteiger partial charge in [-0.3, -0.25) is 4.79 Å². The van der Waals surface area contributed by atoms with E-state index in [0.29, 0.717) is 23.6 Å². The van der Waals surface area contributed by atoms with Crippen LogP contribution >= 0.6 is 11.3 Å². The molecule has 0 spiro atoms. The second kappa shape index (κ2) is 5.48. The molecule has 102 valence electrons. The number of hydrogen-bond acceptors (Lipinski definition) is 6. The van der Waals surface area contributed by atoms with E-state index in [1.165, 1.54) is 11.3 Å². The summed E-state index contributed by atoms with van der Waals surface area (Å²) >= 11 is 1.40. The summed E-state index contributed by atoms with van der Waals surface area (Å²) in [6.45, 7) is 2.95. The molecule has 3 heterocycles. The number of rotatable bonds is 4. The monoisotopic (exact) mass is 287 g/mol. The highest BCUT2D eigenvalue weighted by atomic mass is 32.1. The summed E-state index contributed by atoms with van der Waals surface area (Å²) in [6, 6.07) is 3.71. The molecule has 0 unspecified atom stereocenters. The van der Waals surface area contributed by atoms with E-state index in [9.17, 15) is 4.79 Å². The number of aromatic amines is 1. The number of H-pyrrole nitrogens is 1. The van der Waals surface area contributed by atoms with Crippen LogP contribution in [0.15, 0.2) is 28.5 Å². The molecule has 0 radical (unpaired) electrons. The predicted octanol–water partition coefficient (Wildman–Crippen LogP) is 1.37. The lowest BCUT2D eigenvalue weighted by molar-refractivity contribution is 0.649. The topological polar surface area (TPSA) is 83.6 Å². The van der Waals surface area contributed by atoms with E-state index in [2.05, 4.69) is 25.3 Å². The molecule has 3 rings (SSSR count). The van der Waals surface area contributed by atoms with Crippen LogP contribution in [0, 0.1) is 6.92 Å². The fourth-order valence-corrected chi connectivity index (χ4v) is 2.64. The van der Waals surface area contributed by atoms with Gasteiger partial charge in [-0.1, -0.05) is 0 Å². The van der Waals surface area contributed by atoms with Crippen molar-refractivity contribution in [1.29, 1.82) is 0 Å². The Balaban J connectivity index is 1.69. The van der Waals surface area contributed by atoms with Gasteiger partial charge in [0.1, 0.15) is 16.3 Å². The lowest BCUT2D eigenvalue weighted by Crippen LogP contribution is -2.19. The minimum absolute atomic E-state index is 0.0836. The number of hydrogen-bond donors (Lipinski definition) is 2. The SMILES string of the molecule is Cc1nccc(CNCc2nc3ccsc3c(=O)[nH]2)n1. The summed E-state index contributed by atoms with van der Waals surface area (Å²) in [7, 11) is 0. The Kier molecular flexibility index (Phi) is 3.53. The fraction of sp³-hybridized carbons (Fsp3) is 0.231. The van der Waals surface area contributed by atoms with Gasteiger partial charge < -0.3 is 10.3 Å². The Labute approximate surface area is 118 Å². The normalized spacial score (nSPS) is 11.1. The zero-order valence-electron chi connectivity index (χ0n) is 10.9. The van der Waals surface area contributed by atoms with Crippen molar-refractivity contribution in [1.82, 2.24) is 25.3 Å². The lowest BCUT2D eigenvalue weighted by Gasteiger charge is -2.04. The van der Waals surface area contributed by atoms with E-state index in [1.54, 1.807) is 6.20 Å². The van der Waals surface area contributed by atoms with Gasteiger partial charge in [0.05, 0.1) is 17.8 Å². The molecule has 0 aromatic carbocycles. The number of nitrogens with one attached hydrogen (secondary N) is 2. The van der Waals surface area contributed by atoms with E-state index < -0.39 is 0 Å². The molecule has 0 aliphatic carbocycles. The summed E-state index contributed by atoms with van der Waals surface area (Å²) in [4.78, 5) is 27.3. The molecule has 0 saturated heterocycles. The highest BCUT2D eigenvalue weighted by Crippen LogP contribution is 2.13. The van der Waals surface area contributed by atoms with E-state index >= 15 is 0 Å². The summed E-state index contributed by atoms with van der Waals surface area (Å²) in [5.41, 5.74) is 1.57. The standard InChI is InChI=1S/C13H13N5OS/c1-8-15-4-2-9(16-8)6-14-7-11-17-10-3-5-20-12(10)13(19)18-11/h2-5,14H,6-7H2,1H3,(H,17,18,19). The van der Waals surface area contributed by atoms with Crippen LogP contribution in [-0.2, 0) is 13.1 Å². The smallest absolute Gasteiger partial charge is 0.268 e.